The van der Waals surface area contributed by atoms with Crippen LogP contribution in [0, 0.1) is 0 Å². The zero-order chi connectivity index (χ0) is 11.3. The number of anilines is 1. The highest BCUT2D eigenvalue weighted by Crippen LogP contribution is 2.32. The van der Waals surface area contributed by atoms with Crippen LogP contribution in [-0.4, -0.2) is 23.6 Å². The average molecular weight is 227 g/mol. The molecule has 0 fully saturated rings. The summed E-state index contributed by atoms with van der Waals surface area (Å²) in [6, 6.07) is 5.70. The maximum Gasteiger partial charge on any atom is 0.143 e. The van der Waals surface area contributed by atoms with E-state index < -0.39 is 0 Å². The molecule has 0 heterocycles. The predicted molar refractivity (Wildman–Crippen MR) is 64.4 cm³/mol. The fourth-order valence-corrected chi connectivity index (χ4v) is 1.90. The summed E-state index contributed by atoms with van der Waals surface area (Å²) in [6.45, 7) is 4.08. The first-order valence-corrected chi connectivity index (χ1v) is 5.92. The van der Waals surface area contributed by atoms with E-state index in [4.69, 9.17) is 15.6 Å². The Balaban J connectivity index is 2.80. The standard InChI is InChI=1S/C11H17NO2S/c1-8(2)14-9-4-3-5-10(11(9)12)15-7-6-13/h3-5,8,13H,6-7,12H2,1-2H3. The minimum Gasteiger partial charge on any atom is -0.489 e. The summed E-state index contributed by atoms with van der Waals surface area (Å²) in [7, 11) is 0. The molecule has 15 heavy (non-hydrogen) atoms. The molecule has 3 nitrogen and oxygen atoms in total. The lowest BCUT2D eigenvalue weighted by Crippen LogP contribution is -2.07. The number of para-hydroxylation sites is 1. The van der Waals surface area contributed by atoms with Gasteiger partial charge in [0.1, 0.15) is 5.75 Å². The van der Waals surface area contributed by atoms with Crippen molar-refractivity contribution in [2.45, 2.75) is 24.8 Å². The smallest absolute Gasteiger partial charge is 0.143 e. The molecule has 4 heteroatoms. The maximum atomic E-state index is 8.74. The molecule has 0 aliphatic carbocycles. The minimum atomic E-state index is 0.116. The minimum absolute atomic E-state index is 0.116. The van der Waals surface area contributed by atoms with Gasteiger partial charge in [0.05, 0.1) is 18.4 Å². The van der Waals surface area contributed by atoms with E-state index in [0.717, 1.165) is 4.90 Å². The van der Waals surface area contributed by atoms with Crippen molar-refractivity contribution in [2.75, 3.05) is 18.1 Å². The number of aliphatic hydroxyl groups excluding tert-OH is 1. The van der Waals surface area contributed by atoms with Crippen molar-refractivity contribution in [2.24, 2.45) is 0 Å². The Bertz CT molecular complexity index is 315. The third kappa shape index (κ3) is 3.64. The number of nitrogen functional groups attached to an aromatic ring is 1. The van der Waals surface area contributed by atoms with E-state index in [9.17, 15) is 0 Å². The second-order valence-corrected chi connectivity index (χ2v) is 4.54. The largest absolute Gasteiger partial charge is 0.489 e. The Morgan fingerprint density at radius 3 is 2.80 bits per heavy atom. The van der Waals surface area contributed by atoms with Crippen molar-refractivity contribution in [3.63, 3.8) is 0 Å². The highest BCUT2D eigenvalue weighted by atomic mass is 32.2. The van der Waals surface area contributed by atoms with Gasteiger partial charge >= 0.3 is 0 Å². The van der Waals surface area contributed by atoms with Gasteiger partial charge in [0.25, 0.3) is 0 Å². The fourth-order valence-electron chi connectivity index (χ4n) is 1.16. The molecule has 0 aliphatic rings. The Morgan fingerprint density at radius 2 is 2.20 bits per heavy atom. The molecule has 0 aliphatic heterocycles. The van der Waals surface area contributed by atoms with Crippen molar-refractivity contribution < 1.29 is 9.84 Å². The molecule has 0 unspecified atom stereocenters. The predicted octanol–water partition coefficient (Wildman–Crippen LogP) is 2.14. The van der Waals surface area contributed by atoms with Crippen molar-refractivity contribution in [1.82, 2.24) is 0 Å². The van der Waals surface area contributed by atoms with Gasteiger partial charge < -0.3 is 15.6 Å². The quantitative estimate of drug-likeness (QED) is 0.597. The van der Waals surface area contributed by atoms with Gasteiger partial charge in [0.15, 0.2) is 0 Å². The monoisotopic (exact) mass is 227 g/mol. The Morgan fingerprint density at radius 1 is 1.47 bits per heavy atom. The Hall–Kier alpha value is -0.870. The van der Waals surface area contributed by atoms with Crippen LogP contribution in [0.3, 0.4) is 0 Å². The molecule has 0 spiro atoms. The molecule has 0 bridgehead atoms. The van der Waals surface area contributed by atoms with Gasteiger partial charge in [-0.2, -0.15) is 0 Å². The lowest BCUT2D eigenvalue weighted by Gasteiger charge is -2.14. The van der Waals surface area contributed by atoms with Crippen molar-refractivity contribution in [1.29, 1.82) is 0 Å². The zero-order valence-electron chi connectivity index (χ0n) is 9.06. The van der Waals surface area contributed by atoms with E-state index in [2.05, 4.69) is 0 Å². The Kier molecular flexibility index (Phi) is 4.78. The summed E-state index contributed by atoms with van der Waals surface area (Å²) in [5.74, 6) is 1.36. The Labute approximate surface area is 94.6 Å². The molecule has 1 aromatic rings. The van der Waals surface area contributed by atoms with Crippen LogP contribution in [0.1, 0.15) is 13.8 Å². The summed E-state index contributed by atoms with van der Waals surface area (Å²) in [5.41, 5.74) is 6.60. The number of thioether (sulfide) groups is 1. The summed E-state index contributed by atoms with van der Waals surface area (Å²) in [4.78, 5) is 0.960. The number of rotatable bonds is 5. The van der Waals surface area contributed by atoms with E-state index in [1.54, 1.807) is 0 Å². The second kappa shape index (κ2) is 5.88. The zero-order valence-corrected chi connectivity index (χ0v) is 9.88. The van der Waals surface area contributed by atoms with Gasteiger partial charge in [-0.05, 0) is 26.0 Å². The van der Waals surface area contributed by atoms with Crippen molar-refractivity contribution >= 4 is 17.4 Å². The summed E-state index contributed by atoms with van der Waals surface area (Å²) < 4.78 is 5.56. The number of aliphatic hydroxyl groups is 1. The molecule has 84 valence electrons. The number of hydrogen-bond donors (Lipinski definition) is 2. The van der Waals surface area contributed by atoms with Crippen LogP contribution in [0.25, 0.3) is 0 Å². The third-order valence-corrected chi connectivity index (χ3v) is 2.79. The van der Waals surface area contributed by atoms with Gasteiger partial charge in [-0.1, -0.05) is 6.07 Å². The van der Waals surface area contributed by atoms with Gasteiger partial charge in [-0.3, -0.25) is 0 Å². The number of nitrogens with two attached hydrogens (primary N) is 1. The first-order chi connectivity index (χ1) is 7.15. The summed E-state index contributed by atoms with van der Waals surface area (Å²) in [6.07, 6.45) is 0.116. The molecule has 0 saturated carbocycles. The van der Waals surface area contributed by atoms with Crippen LogP contribution in [0.15, 0.2) is 23.1 Å². The highest BCUT2D eigenvalue weighted by molar-refractivity contribution is 7.99. The molecule has 0 atom stereocenters. The van der Waals surface area contributed by atoms with Gasteiger partial charge in [-0.25, -0.2) is 0 Å². The molecule has 0 aromatic heterocycles. The molecule has 1 aromatic carbocycles. The molecule has 0 radical (unpaired) electrons. The van der Waals surface area contributed by atoms with E-state index in [0.29, 0.717) is 17.2 Å². The van der Waals surface area contributed by atoms with Crippen molar-refractivity contribution in [3.05, 3.63) is 18.2 Å². The first-order valence-electron chi connectivity index (χ1n) is 4.94. The van der Waals surface area contributed by atoms with Crippen LogP contribution in [0.5, 0.6) is 5.75 Å². The molecular weight excluding hydrogens is 210 g/mol. The summed E-state index contributed by atoms with van der Waals surface area (Å²) >= 11 is 1.53. The highest BCUT2D eigenvalue weighted by Gasteiger charge is 2.07. The van der Waals surface area contributed by atoms with Gasteiger partial charge in [0, 0.05) is 10.6 Å². The molecular formula is C11H17NO2S. The molecule has 1 rings (SSSR count). The normalized spacial score (nSPS) is 10.7. The van der Waals surface area contributed by atoms with E-state index >= 15 is 0 Å². The second-order valence-electron chi connectivity index (χ2n) is 3.41. The molecule has 0 saturated heterocycles. The van der Waals surface area contributed by atoms with Crippen LogP contribution in [0.4, 0.5) is 5.69 Å². The number of ether oxygens (including phenoxy) is 1. The molecule has 0 amide bonds. The van der Waals surface area contributed by atoms with Crippen LogP contribution in [-0.2, 0) is 0 Å². The van der Waals surface area contributed by atoms with E-state index in [1.165, 1.54) is 11.8 Å². The maximum absolute atomic E-state index is 8.74. The van der Waals surface area contributed by atoms with Crippen molar-refractivity contribution in [3.8, 4) is 5.75 Å². The summed E-state index contributed by atoms with van der Waals surface area (Å²) in [5, 5.41) is 8.74. The van der Waals surface area contributed by atoms with Gasteiger partial charge in [0.2, 0.25) is 0 Å². The lowest BCUT2D eigenvalue weighted by atomic mass is 10.3. The number of benzene rings is 1. The fraction of sp³-hybridized carbons (Fsp3) is 0.455. The first kappa shape index (κ1) is 12.2. The van der Waals surface area contributed by atoms with Crippen LogP contribution in [0.2, 0.25) is 0 Å². The van der Waals surface area contributed by atoms with Crippen LogP contribution >= 0.6 is 11.8 Å². The number of hydrogen-bond acceptors (Lipinski definition) is 4. The van der Waals surface area contributed by atoms with E-state index in [1.807, 2.05) is 32.0 Å². The lowest BCUT2D eigenvalue weighted by molar-refractivity contribution is 0.243. The SMILES string of the molecule is CC(C)Oc1cccc(SCCO)c1N. The average Bonchev–Trinajstić information content (AvgIpc) is 2.19. The molecule has 3 N–H and O–H groups in total. The van der Waals surface area contributed by atoms with E-state index in [-0.39, 0.29) is 12.7 Å². The van der Waals surface area contributed by atoms with Crippen LogP contribution < -0.4 is 10.5 Å². The van der Waals surface area contributed by atoms with Gasteiger partial charge in [-0.15, -0.1) is 11.8 Å². The third-order valence-electron chi connectivity index (χ3n) is 1.74. The topological polar surface area (TPSA) is 55.5 Å².